The first-order valence-corrected chi connectivity index (χ1v) is 15.1. The molecule has 1 amide bonds. The van der Waals surface area contributed by atoms with Gasteiger partial charge in [0, 0.05) is 36.0 Å². The van der Waals surface area contributed by atoms with E-state index in [9.17, 15) is 14.5 Å². The number of carbonyl (C=O) groups is 1. The van der Waals surface area contributed by atoms with Crippen LogP contribution in [0.5, 0.6) is 0 Å². The van der Waals surface area contributed by atoms with Crippen molar-refractivity contribution in [3.8, 4) is 11.1 Å². The van der Waals surface area contributed by atoms with Crippen LogP contribution in [-0.4, -0.2) is 65.2 Å². The molecule has 0 saturated heterocycles. The lowest BCUT2D eigenvalue weighted by atomic mass is 9.99. The molecule has 1 aliphatic rings. The van der Waals surface area contributed by atoms with E-state index in [4.69, 9.17) is 19.3 Å². The smallest absolute Gasteiger partial charge is 0.387 e. The lowest BCUT2D eigenvalue weighted by molar-refractivity contribution is -0.127. The van der Waals surface area contributed by atoms with Crippen molar-refractivity contribution in [2.75, 3.05) is 33.9 Å². The van der Waals surface area contributed by atoms with E-state index in [1.165, 1.54) is 18.9 Å². The number of nitrogens with two attached hydrogens (primary N) is 1. The van der Waals surface area contributed by atoms with Gasteiger partial charge in [0.2, 0.25) is 5.91 Å². The number of amidine groups is 1. The fourth-order valence-electron chi connectivity index (χ4n) is 4.71. The lowest BCUT2D eigenvalue weighted by Gasteiger charge is -2.22. The van der Waals surface area contributed by atoms with E-state index in [2.05, 4.69) is 23.9 Å². The Labute approximate surface area is 239 Å². The Morgan fingerprint density at radius 2 is 1.78 bits per heavy atom. The third kappa shape index (κ3) is 7.06. The molecular formula is C29H37N5O6P+. The summed E-state index contributed by atoms with van der Waals surface area (Å²) >= 11 is 0. The van der Waals surface area contributed by atoms with Crippen molar-refractivity contribution >= 4 is 42.4 Å². The van der Waals surface area contributed by atoms with Crippen LogP contribution in [0.25, 0.3) is 28.0 Å². The van der Waals surface area contributed by atoms with Crippen LogP contribution < -0.4 is 11.3 Å². The van der Waals surface area contributed by atoms with Crippen LogP contribution in [0.3, 0.4) is 0 Å². The molecule has 12 heteroatoms. The maximum absolute atomic E-state index is 13.3. The maximum Gasteiger partial charge on any atom is 0.572 e. The van der Waals surface area contributed by atoms with Crippen LogP contribution in [0.4, 0.5) is 5.69 Å². The molecule has 218 valence electrons. The number of carbonyl (C=O) groups excluding carboxylic acids is 1. The topological polar surface area (TPSA) is 142 Å². The van der Waals surface area contributed by atoms with E-state index in [-0.39, 0.29) is 24.6 Å². The molecule has 0 fully saturated rings. The molecule has 0 bridgehead atoms. The Morgan fingerprint density at radius 1 is 1.10 bits per heavy atom. The number of aliphatic imine (C=N–C) groups is 1. The average Bonchev–Trinajstić information content (AvgIpc) is 3.15. The van der Waals surface area contributed by atoms with Crippen LogP contribution in [0.15, 0.2) is 58.0 Å². The van der Waals surface area contributed by atoms with Crippen molar-refractivity contribution < 1.29 is 23.3 Å². The SMILES string of the molecule is CCCN(CCC)C(=O)C1=Cc2ccc(-c3ccc4c(=O)n(CCO[P+](O)(OC)OC)ncc4c3)cc2N=C(N)C1. The van der Waals surface area contributed by atoms with Crippen LogP contribution in [-0.2, 0) is 24.9 Å². The Balaban J connectivity index is 1.59. The number of benzene rings is 2. The van der Waals surface area contributed by atoms with Gasteiger partial charge in [-0.2, -0.15) is 23.6 Å². The molecule has 1 aromatic heterocycles. The maximum atomic E-state index is 13.3. The average molecular weight is 583 g/mol. The second-order valence-corrected chi connectivity index (χ2v) is 11.6. The van der Waals surface area contributed by atoms with Gasteiger partial charge in [-0.3, -0.25) is 9.59 Å². The fraction of sp³-hybridized carbons (Fsp3) is 0.379. The highest BCUT2D eigenvalue weighted by atomic mass is 31.2. The van der Waals surface area contributed by atoms with Gasteiger partial charge in [0.1, 0.15) is 12.4 Å². The van der Waals surface area contributed by atoms with E-state index in [0.29, 0.717) is 47.4 Å². The standard InChI is InChI=1S/C29H36N5O6P/c1-5-11-33(12-6-2)28(35)23-16-22-8-7-21(17-26(22)32-27(30)18-23)20-9-10-25-24(15-20)19-31-34(29(25)36)13-14-40-41(37,38-3)39-4/h7-10,15-17,19,37H,5-6,11-14,18H2,1-4H3,(H-,30,32,35)/p+1. The first kappa shape index (κ1) is 30.5. The quantitative estimate of drug-likeness (QED) is 0.298. The number of hydrogen-bond donors (Lipinski definition) is 2. The minimum Gasteiger partial charge on any atom is -0.387 e. The largest absolute Gasteiger partial charge is 0.572 e. The van der Waals surface area contributed by atoms with Crippen LogP contribution in [0.1, 0.15) is 38.7 Å². The molecular weight excluding hydrogens is 545 g/mol. The molecule has 0 unspecified atom stereocenters. The van der Waals surface area contributed by atoms with Crippen molar-refractivity contribution in [2.24, 2.45) is 10.7 Å². The van der Waals surface area contributed by atoms with Crippen LogP contribution >= 0.6 is 8.17 Å². The zero-order valence-electron chi connectivity index (χ0n) is 23.9. The molecule has 0 atom stereocenters. The highest BCUT2D eigenvalue weighted by Crippen LogP contribution is 2.56. The monoisotopic (exact) mass is 582 g/mol. The lowest BCUT2D eigenvalue weighted by Crippen LogP contribution is -2.34. The minimum absolute atomic E-state index is 0.00207. The predicted molar refractivity (Wildman–Crippen MR) is 162 cm³/mol. The van der Waals surface area contributed by atoms with Gasteiger partial charge in [-0.1, -0.05) is 32.0 Å². The van der Waals surface area contributed by atoms with Crippen molar-refractivity contribution in [2.45, 2.75) is 39.7 Å². The molecule has 0 aliphatic carbocycles. The molecule has 1 aliphatic heterocycles. The van der Waals surface area contributed by atoms with Crippen molar-refractivity contribution in [1.82, 2.24) is 14.7 Å². The number of nitrogens with zero attached hydrogens (tertiary/aromatic N) is 4. The van der Waals surface area contributed by atoms with Crippen molar-refractivity contribution in [3.63, 3.8) is 0 Å². The number of rotatable bonds is 12. The van der Waals surface area contributed by atoms with Gasteiger partial charge >= 0.3 is 8.17 Å². The summed E-state index contributed by atoms with van der Waals surface area (Å²) in [5.74, 6) is 0.384. The molecule has 2 heterocycles. The Hall–Kier alpha value is -3.47. The second-order valence-electron chi connectivity index (χ2n) is 9.66. The van der Waals surface area contributed by atoms with E-state index < -0.39 is 8.17 Å². The summed E-state index contributed by atoms with van der Waals surface area (Å²) in [7, 11) is -0.823. The number of amides is 1. The molecule has 0 radical (unpaired) electrons. The number of hydrogen-bond acceptors (Lipinski definition) is 9. The van der Waals surface area contributed by atoms with Gasteiger partial charge in [0.25, 0.3) is 5.56 Å². The summed E-state index contributed by atoms with van der Waals surface area (Å²) in [6.07, 6.45) is 5.58. The molecule has 4 rings (SSSR count). The van der Waals surface area contributed by atoms with E-state index in [0.717, 1.165) is 29.5 Å². The van der Waals surface area contributed by atoms with E-state index in [1.807, 2.05) is 41.3 Å². The van der Waals surface area contributed by atoms with E-state index in [1.54, 1.807) is 12.3 Å². The normalized spacial score (nSPS) is 13.4. The molecule has 0 saturated carbocycles. The third-order valence-electron chi connectivity index (χ3n) is 6.75. The first-order chi connectivity index (χ1) is 19.7. The zero-order chi connectivity index (χ0) is 29.6. The predicted octanol–water partition coefficient (Wildman–Crippen LogP) is 4.47. The first-order valence-electron chi connectivity index (χ1n) is 13.6. The van der Waals surface area contributed by atoms with Crippen LogP contribution in [0.2, 0.25) is 0 Å². The Kier molecular flexibility index (Phi) is 10.0. The molecule has 0 spiro atoms. The summed E-state index contributed by atoms with van der Waals surface area (Å²) < 4.78 is 16.2. The van der Waals surface area contributed by atoms with Gasteiger partial charge in [-0.05, 0) is 48.2 Å². The zero-order valence-corrected chi connectivity index (χ0v) is 24.8. The Morgan fingerprint density at radius 3 is 2.46 bits per heavy atom. The highest BCUT2D eigenvalue weighted by molar-refractivity contribution is 7.55. The third-order valence-corrected chi connectivity index (χ3v) is 8.18. The van der Waals surface area contributed by atoms with Gasteiger partial charge in [0.15, 0.2) is 0 Å². The van der Waals surface area contributed by atoms with Gasteiger partial charge < -0.3 is 10.6 Å². The number of fused-ring (bicyclic) bond motifs is 2. The minimum atomic E-state index is -3.39. The van der Waals surface area contributed by atoms with Gasteiger partial charge in [-0.15, -0.1) is 0 Å². The highest BCUT2D eigenvalue weighted by Gasteiger charge is 2.41. The molecule has 3 N–H and O–H groups in total. The molecule has 2 aromatic carbocycles. The fourth-order valence-corrected chi connectivity index (χ4v) is 5.39. The summed E-state index contributed by atoms with van der Waals surface area (Å²) in [6.45, 7) is 5.63. The van der Waals surface area contributed by atoms with E-state index >= 15 is 0 Å². The summed E-state index contributed by atoms with van der Waals surface area (Å²) in [5.41, 5.74) is 9.89. The summed E-state index contributed by atoms with van der Waals surface area (Å²) in [6, 6.07) is 11.4. The molecule has 41 heavy (non-hydrogen) atoms. The molecule has 3 aromatic rings. The number of aromatic nitrogens is 2. The molecule has 11 nitrogen and oxygen atoms in total. The van der Waals surface area contributed by atoms with Crippen LogP contribution in [0, 0.1) is 0 Å². The van der Waals surface area contributed by atoms with Crippen molar-refractivity contribution in [3.05, 3.63) is 64.1 Å². The summed E-state index contributed by atoms with van der Waals surface area (Å²) in [5, 5.41) is 5.44. The van der Waals surface area contributed by atoms with Crippen molar-refractivity contribution in [1.29, 1.82) is 0 Å². The Bertz CT molecular complexity index is 1530. The summed E-state index contributed by atoms with van der Waals surface area (Å²) in [4.78, 5) is 42.8. The van der Waals surface area contributed by atoms with Gasteiger partial charge in [0.05, 0.1) is 38.0 Å². The van der Waals surface area contributed by atoms with Gasteiger partial charge in [-0.25, -0.2) is 9.67 Å². The second kappa shape index (κ2) is 13.5.